The van der Waals surface area contributed by atoms with Crippen LogP contribution in [0.3, 0.4) is 0 Å². The summed E-state index contributed by atoms with van der Waals surface area (Å²) < 4.78 is 5.65. The van der Waals surface area contributed by atoms with Gasteiger partial charge in [0.25, 0.3) is 0 Å². The maximum absolute atomic E-state index is 10.6. The van der Waals surface area contributed by atoms with Gasteiger partial charge in [0.05, 0.1) is 6.61 Å². The standard InChI is InChI=1S/C15H20O2/c1-12(15-9-14(15)10-16)7-8-17-11-13-5-3-2-4-6-13/h2-6,10,12,14-15H,7-9,11H2,1H3/t12-,14+,15+/m1/s1. The van der Waals surface area contributed by atoms with Crippen LogP contribution < -0.4 is 0 Å². The number of carbonyl (C=O) groups is 1. The van der Waals surface area contributed by atoms with Gasteiger partial charge in [0, 0.05) is 12.5 Å². The van der Waals surface area contributed by atoms with Gasteiger partial charge in [-0.1, -0.05) is 37.3 Å². The summed E-state index contributed by atoms with van der Waals surface area (Å²) in [7, 11) is 0. The molecule has 1 aliphatic rings. The number of aldehydes is 1. The molecule has 0 saturated heterocycles. The van der Waals surface area contributed by atoms with Gasteiger partial charge in [-0.25, -0.2) is 0 Å². The predicted octanol–water partition coefficient (Wildman–Crippen LogP) is 3.06. The lowest BCUT2D eigenvalue weighted by Gasteiger charge is -2.10. The van der Waals surface area contributed by atoms with Crippen molar-refractivity contribution in [3.63, 3.8) is 0 Å². The minimum Gasteiger partial charge on any atom is -0.377 e. The van der Waals surface area contributed by atoms with Gasteiger partial charge in [-0.2, -0.15) is 0 Å². The lowest BCUT2D eigenvalue weighted by Crippen LogP contribution is -2.05. The molecule has 2 nitrogen and oxygen atoms in total. The number of rotatable bonds is 7. The van der Waals surface area contributed by atoms with E-state index in [1.54, 1.807) is 0 Å². The predicted molar refractivity (Wildman–Crippen MR) is 67.5 cm³/mol. The van der Waals surface area contributed by atoms with Gasteiger partial charge < -0.3 is 9.53 Å². The van der Waals surface area contributed by atoms with Gasteiger partial charge in [0.2, 0.25) is 0 Å². The smallest absolute Gasteiger partial charge is 0.123 e. The Morgan fingerprint density at radius 1 is 1.41 bits per heavy atom. The van der Waals surface area contributed by atoms with Crippen LogP contribution in [0.25, 0.3) is 0 Å². The molecule has 0 heterocycles. The van der Waals surface area contributed by atoms with Crippen molar-refractivity contribution < 1.29 is 9.53 Å². The van der Waals surface area contributed by atoms with E-state index in [2.05, 4.69) is 19.1 Å². The van der Waals surface area contributed by atoms with E-state index in [0.29, 0.717) is 24.4 Å². The Labute approximate surface area is 103 Å². The zero-order valence-electron chi connectivity index (χ0n) is 10.3. The van der Waals surface area contributed by atoms with Gasteiger partial charge in [-0.15, -0.1) is 0 Å². The highest BCUT2D eigenvalue weighted by Gasteiger charge is 2.40. The summed E-state index contributed by atoms with van der Waals surface area (Å²) in [6, 6.07) is 10.2. The molecule has 0 amide bonds. The topological polar surface area (TPSA) is 26.3 Å². The van der Waals surface area contributed by atoms with Gasteiger partial charge >= 0.3 is 0 Å². The van der Waals surface area contributed by atoms with E-state index in [9.17, 15) is 4.79 Å². The van der Waals surface area contributed by atoms with Gasteiger partial charge in [-0.3, -0.25) is 0 Å². The second-order valence-electron chi connectivity index (χ2n) is 5.00. The van der Waals surface area contributed by atoms with Crippen molar-refractivity contribution in [3.05, 3.63) is 35.9 Å². The van der Waals surface area contributed by atoms with Crippen molar-refractivity contribution in [1.29, 1.82) is 0 Å². The quantitative estimate of drug-likeness (QED) is 0.533. The minimum atomic E-state index is 0.333. The van der Waals surface area contributed by atoms with Crippen LogP contribution in [0.5, 0.6) is 0 Å². The van der Waals surface area contributed by atoms with Crippen molar-refractivity contribution in [2.45, 2.75) is 26.4 Å². The largest absolute Gasteiger partial charge is 0.377 e. The fourth-order valence-electron chi connectivity index (χ4n) is 2.29. The average molecular weight is 232 g/mol. The second-order valence-corrected chi connectivity index (χ2v) is 5.00. The molecule has 1 aromatic rings. The Hall–Kier alpha value is -1.15. The van der Waals surface area contributed by atoms with Crippen LogP contribution in [0, 0.1) is 17.8 Å². The number of hydrogen-bond donors (Lipinski definition) is 0. The number of carbonyl (C=O) groups excluding carboxylic acids is 1. The Kier molecular flexibility index (Phi) is 4.32. The zero-order chi connectivity index (χ0) is 12.1. The van der Waals surface area contributed by atoms with Crippen molar-refractivity contribution >= 4 is 6.29 Å². The van der Waals surface area contributed by atoms with Gasteiger partial charge in [-0.05, 0) is 30.2 Å². The van der Waals surface area contributed by atoms with E-state index >= 15 is 0 Å². The molecular weight excluding hydrogens is 212 g/mol. The Morgan fingerprint density at radius 2 is 2.18 bits per heavy atom. The third kappa shape index (κ3) is 3.67. The number of ether oxygens (including phenoxy) is 1. The van der Waals surface area contributed by atoms with E-state index in [1.807, 2.05) is 18.2 Å². The summed E-state index contributed by atoms with van der Waals surface area (Å²) in [5, 5.41) is 0. The van der Waals surface area contributed by atoms with E-state index in [4.69, 9.17) is 4.74 Å². The molecule has 0 spiro atoms. The third-order valence-electron chi connectivity index (χ3n) is 3.63. The third-order valence-corrected chi connectivity index (χ3v) is 3.63. The van der Waals surface area contributed by atoms with Crippen molar-refractivity contribution in [2.75, 3.05) is 6.61 Å². The van der Waals surface area contributed by atoms with E-state index in [-0.39, 0.29) is 0 Å². The SMILES string of the molecule is C[C@H](CCOCc1ccccc1)[C@@H]1C[C@H]1C=O. The van der Waals surface area contributed by atoms with Gasteiger partial charge in [0.15, 0.2) is 0 Å². The molecule has 2 rings (SSSR count). The molecule has 0 aromatic heterocycles. The first-order valence-electron chi connectivity index (χ1n) is 6.38. The molecule has 0 radical (unpaired) electrons. The second kappa shape index (κ2) is 5.97. The summed E-state index contributed by atoms with van der Waals surface area (Å²) in [6.45, 7) is 3.70. The average Bonchev–Trinajstić information content (AvgIpc) is 3.15. The van der Waals surface area contributed by atoms with Crippen LogP contribution in [-0.2, 0) is 16.1 Å². The molecular formula is C15H20O2. The minimum absolute atomic E-state index is 0.333. The van der Waals surface area contributed by atoms with Crippen molar-refractivity contribution in [2.24, 2.45) is 17.8 Å². The molecule has 0 aliphatic heterocycles. The summed E-state index contributed by atoms with van der Waals surface area (Å²) >= 11 is 0. The molecule has 0 bridgehead atoms. The fourth-order valence-corrected chi connectivity index (χ4v) is 2.29. The van der Waals surface area contributed by atoms with Crippen LogP contribution in [-0.4, -0.2) is 12.9 Å². The molecule has 1 saturated carbocycles. The van der Waals surface area contributed by atoms with Crippen molar-refractivity contribution in [1.82, 2.24) is 0 Å². The van der Waals surface area contributed by atoms with E-state index in [0.717, 1.165) is 25.7 Å². The summed E-state index contributed by atoms with van der Waals surface area (Å²) in [6.07, 6.45) is 3.25. The molecule has 0 unspecified atom stereocenters. The highest BCUT2D eigenvalue weighted by atomic mass is 16.5. The lowest BCUT2D eigenvalue weighted by atomic mass is 10.0. The van der Waals surface area contributed by atoms with E-state index < -0.39 is 0 Å². The monoisotopic (exact) mass is 232 g/mol. The molecule has 2 heteroatoms. The Balaban J connectivity index is 1.59. The first kappa shape index (κ1) is 12.3. The molecule has 17 heavy (non-hydrogen) atoms. The molecule has 92 valence electrons. The molecule has 1 aromatic carbocycles. The molecule has 0 N–H and O–H groups in total. The zero-order valence-corrected chi connectivity index (χ0v) is 10.3. The summed E-state index contributed by atoms with van der Waals surface area (Å²) in [4.78, 5) is 10.6. The van der Waals surface area contributed by atoms with Crippen LogP contribution in [0.1, 0.15) is 25.3 Å². The summed E-state index contributed by atoms with van der Waals surface area (Å²) in [5.41, 5.74) is 1.22. The Bertz CT molecular complexity index is 347. The van der Waals surface area contributed by atoms with E-state index in [1.165, 1.54) is 5.56 Å². The summed E-state index contributed by atoms with van der Waals surface area (Å²) in [5.74, 6) is 1.56. The first-order chi connectivity index (χ1) is 8.31. The molecule has 1 fully saturated rings. The maximum atomic E-state index is 10.6. The van der Waals surface area contributed by atoms with Crippen LogP contribution in [0.4, 0.5) is 0 Å². The van der Waals surface area contributed by atoms with Crippen LogP contribution >= 0.6 is 0 Å². The maximum Gasteiger partial charge on any atom is 0.123 e. The highest BCUT2D eigenvalue weighted by molar-refractivity contribution is 5.58. The van der Waals surface area contributed by atoms with Crippen LogP contribution in [0.15, 0.2) is 30.3 Å². The molecule has 3 atom stereocenters. The first-order valence-corrected chi connectivity index (χ1v) is 6.38. The highest BCUT2D eigenvalue weighted by Crippen LogP contribution is 2.43. The normalized spacial score (nSPS) is 24.3. The lowest BCUT2D eigenvalue weighted by molar-refractivity contribution is -0.109. The fraction of sp³-hybridized carbons (Fsp3) is 0.533. The molecule has 1 aliphatic carbocycles. The van der Waals surface area contributed by atoms with Crippen molar-refractivity contribution in [3.8, 4) is 0 Å². The Morgan fingerprint density at radius 3 is 2.82 bits per heavy atom. The van der Waals surface area contributed by atoms with Gasteiger partial charge in [0.1, 0.15) is 6.29 Å². The van der Waals surface area contributed by atoms with Crippen LogP contribution in [0.2, 0.25) is 0 Å². The number of hydrogen-bond acceptors (Lipinski definition) is 2. The number of benzene rings is 1.